The molecule has 0 saturated carbocycles. The minimum atomic E-state index is -0.188. The number of carbonyl (C=O) groups excluding carboxylic acids is 1. The van der Waals surface area contributed by atoms with E-state index in [2.05, 4.69) is 21.0 Å². The van der Waals surface area contributed by atoms with E-state index in [4.69, 9.17) is 4.74 Å². The highest BCUT2D eigenvalue weighted by molar-refractivity contribution is 5.99. The third kappa shape index (κ3) is 3.51. The van der Waals surface area contributed by atoms with E-state index in [0.717, 1.165) is 45.4 Å². The van der Waals surface area contributed by atoms with Crippen molar-refractivity contribution >= 4 is 16.9 Å². The van der Waals surface area contributed by atoms with Gasteiger partial charge < -0.3 is 9.72 Å². The largest absolute Gasteiger partial charge is 0.469 e. The number of nitrogens with one attached hydrogen (secondary N) is 1. The Hall–Kier alpha value is -3.47. The minimum absolute atomic E-state index is 0.188. The second-order valence-electron chi connectivity index (χ2n) is 6.58. The molecular weight excluding hydrogens is 350 g/mol. The number of aryl methyl sites for hydroxylation is 1. The van der Waals surface area contributed by atoms with E-state index in [1.807, 2.05) is 54.9 Å². The van der Waals surface area contributed by atoms with Crippen LogP contribution in [0.25, 0.3) is 33.3 Å². The monoisotopic (exact) mass is 371 g/mol. The van der Waals surface area contributed by atoms with Gasteiger partial charge in [0.25, 0.3) is 0 Å². The number of para-hydroxylation sites is 1. The van der Waals surface area contributed by atoms with Gasteiger partial charge in [0.15, 0.2) is 0 Å². The molecular formula is C23H21N3O2. The molecule has 3 aromatic heterocycles. The number of aromatic nitrogens is 3. The fourth-order valence-corrected chi connectivity index (χ4v) is 3.52. The molecule has 1 aromatic carbocycles. The maximum absolute atomic E-state index is 11.5. The van der Waals surface area contributed by atoms with Crippen molar-refractivity contribution in [2.75, 3.05) is 7.11 Å². The number of ether oxygens (including phenoxy) is 1. The van der Waals surface area contributed by atoms with E-state index in [-0.39, 0.29) is 5.97 Å². The Balaban J connectivity index is 1.83. The van der Waals surface area contributed by atoms with Crippen LogP contribution in [-0.2, 0) is 16.0 Å². The molecule has 0 unspecified atom stereocenters. The summed E-state index contributed by atoms with van der Waals surface area (Å²) in [6, 6.07) is 16.1. The maximum Gasteiger partial charge on any atom is 0.305 e. The standard InChI is InChI=1S/C23H21N3O2/c1-28-22(27)11-6-10-21-23(18(15-26-21)20-9-4-5-13-24-20)17-12-14-25-19-8-3-2-7-16(17)19/h2-5,7-9,12-15,26H,6,10-11H2,1H3. The molecule has 0 saturated heterocycles. The number of H-pyrrole nitrogens is 1. The Morgan fingerprint density at radius 2 is 1.86 bits per heavy atom. The van der Waals surface area contributed by atoms with E-state index in [0.29, 0.717) is 12.8 Å². The molecule has 0 amide bonds. The van der Waals surface area contributed by atoms with Crippen molar-refractivity contribution in [3.05, 3.63) is 72.8 Å². The summed E-state index contributed by atoms with van der Waals surface area (Å²) >= 11 is 0. The fourth-order valence-electron chi connectivity index (χ4n) is 3.52. The van der Waals surface area contributed by atoms with Crippen LogP contribution in [0.5, 0.6) is 0 Å². The molecule has 5 heteroatoms. The van der Waals surface area contributed by atoms with E-state index >= 15 is 0 Å². The number of pyridine rings is 2. The summed E-state index contributed by atoms with van der Waals surface area (Å²) in [5, 5.41) is 1.09. The van der Waals surface area contributed by atoms with Crippen LogP contribution in [0, 0.1) is 0 Å². The summed E-state index contributed by atoms with van der Waals surface area (Å²) in [6.07, 6.45) is 7.49. The average molecular weight is 371 g/mol. The van der Waals surface area contributed by atoms with Gasteiger partial charge in [0, 0.05) is 47.2 Å². The number of methoxy groups -OCH3 is 1. The predicted octanol–water partition coefficient (Wildman–Crippen LogP) is 4.79. The van der Waals surface area contributed by atoms with Crippen molar-refractivity contribution in [3.63, 3.8) is 0 Å². The summed E-state index contributed by atoms with van der Waals surface area (Å²) in [7, 11) is 1.42. The Labute approximate surface area is 163 Å². The van der Waals surface area contributed by atoms with Crippen LogP contribution >= 0.6 is 0 Å². The highest BCUT2D eigenvalue weighted by Gasteiger charge is 2.18. The molecule has 0 spiro atoms. The SMILES string of the molecule is COC(=O)CCCc1[nH]cc(-c2ccccn2)c1-c1ccnc2ccccc12. The highest BCUT2D eigenvalue weighted by atomic mass is 16.5. The van der Waals surface area contributed by atoms with Crippen LogP contribution in [0.15, 0.2) is 67.1 Å². The smallest absolute Gasteiger partial charge is 0.305 e. The lowest BCUT2D eigenvalue weighted by molar-refractivity contribution is -0.140. The van der Waals surface area contributed by atoms with Gasteiger partial charge in [-0.15, -0.1) is 0 Å². The summed E-state index contributed by atoms with van der Waals surface area (Å²) in [5.74, 6) is -0.188. The first-order chi connectivity index (χ1) is 13.8. The molecule has 28 heavy (non-hydrogen) atoms. The second-order valence-corrected chi connectivity index (χ2v) is 6.58. The molecule has 0 aliphatic heterocycles. The zero-order valence-corrected chi connectivity index (χ0v) is 15.7. The summed E-state index contributed by atoms with van der Waals surface area (Å²) < 4.78 is 4.77. The Morgan fingerprint density at radius 3 is 2.68 bits per heavy atom. The van der Waals surface area contributed by atoms with Crippen LogP contribution in [0.1, 0.15) is 18.5 Å². The molecule has 0 aliphatic carbocycles. The Bertz CT molecular complexity index is 1100. The van der Waals surface area contributed by atoms with Crippen LogP contribution in [0.2, 0.25) is 0 Å². The lowest BCUT2D eigenvalue weighted by Gasteiger charge is -2.11. The number of hydrogen-bond acceptors (Lipinski definition) is 4. The first kappa shape index (κ1) is 17.9. The fraction of sp³-hybridized carbons (Fsp3) is 0.174. The van der Waals surface area contributed by atoms with Gasteiger partial charge in [-0.1, -0.05) is 24.3 Å². The molecule has 3 heterocycles. The summed E-state index contributed by atoms with van der Waals surface area (Å²) in [4.78, 5) is 24.0. The zero-order valence-electron chi connectivity index (χ0n) is 15.7. The average Bonchev–Trinajstić information content (AvgIpc) is 3.17. The third-order valence-corrected chi connectivity index (χ3v) is 4.86. The first-order valence-electron chi connectivity index (χ1n) is 9.30. The van der Waals surface area contributed by atoms with Gasteiger partial charge in [-0.2, -0.15) is 0 Å². The number of fused-ring (bicyclic) bond motifs is 1. The van der Waals surface area contributed by atoms with Crippen LogP contribution in [0.4, 0.5) is 0 Å². The van der Waals surface area contributed by atoms with Gasteiger partial charge in [0.1, 0.15) is 0 Å². The number of rotatable bonds is 6. The van der Waals surface area contributed by atoms with Gasteiger partial charge in [-0.05, 0) is 42.7 Å². The quantitative estimate of drug-likeness (QED) is 0.495. The molecule has 0 bridgehead atoms. The highest BCUT2D eigenvalue weighted by Crippen LogP contribution is 2.38. The van der Waals surface area contributed by atoms with Crippen LogP contribution in [-0.4, -0.2) is 28.0 Å². The van der Waals surface area contributed by atoms with Gasteiger partial charge in [0.05, 0.1) is 18.3 Å². The second kappa shape index (κ2) is 8.05. The number of carbonyl (C=O) groups is 1. The van der Waals surface area contributed by atoms with E-state index in [1.165, 1.54) is 7.11 Å². The topological polar surface area (TPSA) is 67.9 Å². The van der Waals surface area contributed by atoms with Gasteiger partial charge in [0.2, 0.25) is 0 Å². The third-order valence-electron chi connectivity index (χ3n) is 4.86. The molecule has 4 rings (SSSR count). The van der Waals surface area contributed by atoms with Crippen molar-refractivity contribution < 1.29 is 9.53 Å². The lowest BCUT2D eigenvalue weighted by Crippen LogP contribution is -2.01. The number of hydrogen-bond donors (Lipinski definition) is 1. The van der Waals surface area contributed by atoms with Crippen molar-refractivity contribution in [2.45, 2.75) is 19.3 Å². The van der Waals surface area contributed by atoms with Crippen LogP contribution < -0.4 is 0 Å². The normalized spacial score (nSPS) is 10.9. The molecule has 140 valence electrons. The van der Waals surface area contributed by atoms with Gasteiger partial charge in [-0.3, -0.25) is 14.8 Å². The molecule has 0 fully saturated rings. The van der Waals surface area contributed by atoms with Crippen molar-refractivity contribution in [2.24, 2.45) is 0 Å². The zero-order chi connectivity index (χ0) is 19.3. The predicted molar refractivity (Wildman–Crippen MR) is 110 cm³/mol. The Morgan fingerprint density at radius 1 is 1.00 bits per heavy atom. The minimum Gasteiger partial charge on any atom is -0.469 e. The van der Waals surface area contributed by atoms with Crippen molar-refractivity contribution in [3.8, 4) is 22.4 Å². The molecule has 4 aromatic rings. The summed E-state index contributed by atoms with van der Waals surface area (Å²) in [5.41, 5.74) is 6.22. The van der Waals surface area contributed by atoms with Gasteiger partial charge in [-0.25, -0.2) is 0 Å². The number of benzene rings is 1. The molecule has 0 aliphatic rings. The molecule has 1 N–H and O–H groups in total. The van der Waals surface area contributed by atoms with E-state index in [9.17, 15) is 4.79 Å². The van der Waals surface area contributed by atoms with Crippen LogP contribution in [0.3, 0.4) is 0 Å². The molecule has 0 radical (unpaired) electrons. The summed E-state index contributed by atoms with van der Waals surface area (Å²) in [6.45, 7) is 0. The van der Waals surface area contributed by atoms with Crippen molar-refractivity contribution in [1.82, 2.24) is 15.0 Å². The lowest BCUT2D eigenvalue weighted by atomic mass is 9.94. The molecule has 5 nitrogen and oxygen atoms in total. The Kier molecular flexibility index (Phi) is 5.15. The maximum atomic E-state index is 11.5. The number of nitrogens with zero attached hydrogens (tertiary/aromatic N) is 2. The number of aromatic amines is 1. The van der Waals surface area contributed by atoms with E-state index in [1.54, 1.807) is 6.20 Å². The van der Waals surface area contributed by atoms with Gasteiger partial charge >= 0.3 is 5.97 Å². The van der Waals surface area contributed by atoms with Crippen molar-refractivity contribution in [1.29, 1.82) is 0 Å². The molecule has 0 atom stereocenters. The van der Waals surface area contributed by atoms with E-state index < -0.39 is 0 Å². The number of esters is 1. The first-order valence-corrected chi connectivity index (χ1v) is 9.30.